The van der Waals surface area contributed by atoms with E-state index in [2.05, 4.69) is 0 Å². The molecule has 7 heteroatoms. The van der Waals surface area contributed by atoms with Crippen molar-refractivity contribution in [2.75, 3.05) is 26.2 Å². The maximum Gasteiger partial charge on any atom is 0.338 e. The second-order valence-electron chi connectivity index (χ2n) is 5.80. The van der Waals surface area contributed by atoms with Crippen LogP contribution in [0, 0.1) is 0 Å². The molecule has 0 fully saturated rings. The molecule has 0 bridgehead atoms. The average Bonchev–Trinajstić information content (AvgIpc) is 3.07. The Morgan fingerprint density at radius 1 is 1.07 bits per heavy atom. The summed E-state index contributed by atoms with van der Waals surface area (Å²) in [5.41, 5.74) is 2.67. The molecule has 0 spiro atoms. The lowest BCUT2D eigenvalue weighted by Gasteiger charge is -2.18. The number of rotatable bonds is 7. The molecule has 27 heavy (non-hydrogen) atoms. The molecule has 1 aliphatic heterocycles. The summed E-state index contributed by atoms with van der Waals surface area (Å²) in [7, 11) is 3.01. The van der Waals surface area contributed by atoms with Gasteiger partial charge in [0.15, 0.2) is 11.5 Å². The van der Waals surface area contributed by atoms with Gasteiger partial charge in [-0.15, -0.1) is 0 Å². The summed E-state index contributed by atoms with van der Waals surface area (Å²) in [4.78, 5) is 24.2. The number of benzene rings is 2. The summed E-state index contributed by atoms with van der Waals surface area (Å²) in [6.45, 7) is 0.179. The van der Waals surface area contributed by atoms with Crippen LogP contribution in [0.2, 0.25) is 0 Å². The molecule has 0 radical (unpaired) electrons. The van der Waals surface area contributed by atoms with Gasteiger partial charge in [0.05, 0.1) is 26.2 Å². The van der Waals surface area contributed by atoms with Gasteiger partial charge >= 0.3 is 11.9 Å². The number of hydrogen-bond acceptors (Lipinski definition) is 7. The Kier molecular flexibility index (Phi) is 5.91. The summed E-state index contributed by atoms with van der Waals surface area (Å²) in [6.07, 6.45) is 2.20. The molecule has 1 heterocycles. The fourth-order valence-corrected chi connectivity index (χ4v) is 3.33. The van der Waals surface area contributed by atoms with E-state index in [1.54, 1.807) is 36.0 Å². The number of fused-ring (bicyclic) bond motifs is 1. The number of methoxy groups -OCH3 is 2. The molecule has 0 unspecified atom stereocenters. The second-order valence-corrected chi connectivity index (χ2v) is 6.79. The molecule has 0 atom stereocenters. The maximum atomic E-state index is 12.3. The van der Waals surface area contributed by atoms with Gasteiger partial charge in [-0.1, -0.05) is 12.1 Å². The average molecular weight is 388 g/mol. The minimum absolute atomic E-state index is 0.179. The van der Waals surface area contributed by atoms with Gasteiger partial charge in [0.1, 0.15) is 6.61 Å². The van der Waals surface area contributed by atoms with Crippen LogP contribution in [0.4, 0.5) is 0 Å². The topological polar surface area (TPSA) is 71.1 Å². The van der Waals surface area contributed by atoms with E-state index in [0.717, 1.165) is 11.1 Å². The van der Waals surface area contributed by atoms with Gasteiger partial charge in [-0.2, -0.15) is 11.8 Å². The third-order valence-electron chi connectivity index (χ3n) is 4.26. The monoisotopic (exact) mass is 388 g/mol. The standard InChI is InChI=1S/C20H20O6S/c1-23-16-8-7-13(12-5-4-6-14-15(12)11-25-20(14)22)18(19(16)24-2)26-17(21)9-10-27-3/h4-8H,9-11H2,1-3H3. The Hall–Kier alpha value is -2.67. The molecule has 0 saturated heterocycles. The van der Waals surface area contributed by atoms with E-state index in [4.69, 9.17) is 18.9 Å². The number of esters is 2. The zero-order valence-electron chi connectivity index (χ0n) is 15.4. The van der Waals surface area contributed by atoms with E-state index in [1.807, 2.05) is 12.3 Å². The highest BCUT2D eigenvalue weighted by molar-refractivity contribution is 7.98. The number of cyclic esters (lactones) is 1. The smallest absolute Gasteiger partial charge is 0.338 e. The quantitative estimate of drug-likeness (QED) is 0.529. The van der Waals surface area contributed by atoms with Crippen LogP contribution in [0.5, 0.6) is 17.2 Å². The lowest BCUT2D eigenvalue weighted by Crippen LogP contribution is -2.11. The highest BCUT2D eigenvalue weighted by atomic mass is 32.2. The third-order valence-corrected chi connectivity index (χ3v) is 4.87. The molecule has 0 amide bonds. The summed E-state index contributed by atoms with van der Waals surface area (Å²) in [6, 6.07) is 8.89. The van der Waals surface area contributed by atoms with Crippen molar-refractivity contribution in [2.45, 2.75) is 13.0 Å². The zero-order chi connectivity index (χ0) is 19.4. The minimum atomic E-state index is -0.364. The van der Waals surface area contributed by atoms with Crippen LogP contribution >= 0.6 is 11.8 Å². The lowest BCUT2D eigenvalue weighted by atomic mass is 9.95. The first-order chi connectivity index (χ1) is 13.1. The highest BCUT2D eigenvalue weighted by Crippen LogP contribution is 2.46. The molecule has 142 valence electrons. The van der Waals surface area contributed by atoms with Gasteiger partial charge in [-0.3, -0.25) is 4.79 Å². The molecular weight excluding hydrogens is 368 g/mol. The van der Waals surface area contributed by atoms with Gasteiger partial charge in [-0.05, 0) is 30.0 Å². The number of ether oxygens (including phenoxy) is 4. The molecule has 2 aromatic carbocycles. The van der Waals surface area contributed by atoms with Crippen molar-refractivity contribution in [3.05, 3.63) is 41.5 Å². The molecule has 2 aromatic rings. The second kappa shape index (κ2) is 8.35. The van der Waals surface area contributed by atoms with Crippen LogP contribution in [0.3, 0.4) is 0 Å². The largest absolute Gasteiger partial charge is 0.493 e. The molecule has 1 aliphatic rings. The third kappa shape index (κ3) is 3.73. The minimum Gasteiger partial charge on any atom is -0.493 e. The van der Waals surface area contributed by atoms with Gasteiger partial charge in [0.2, 0.25) is 5.75 Å². The van der Waals surface area contributed by atoms with Gasteiger partial charge in [0, 0.05) is 16.9 Å². The summed E-state index contributed by atoms with van der Waals surface area (Å²) >= 11 is 1.56. The predicted octanol–water partition coefficient (Wildman–Crippen LogP) is 3.70. The SMILES string of the molecule is COc1ccc(-c2cccc3c2COC3=O)c(OC(=O)CCSC)c1OC. The van der Waals surface area contributed by atoms with E-state index < -0.39 is 0 Å². The Balaban J connectivity index is 2.13. The summed E-state index contributed by atoms with van der Waals surface area (Å²) in [5, 5.41) is 0. The molecule has 6 nitrogen and oxygen atoms in total. The van der Waals surface area contributed by atoms with Gasteiger partial charge in [-0.25, -0.2) is 4.79 Å². The Morgan fingerprint density at radius 3 is 2.56 bits per heavy atom. The highest BCUT2D eigenvalue weighted by Gasteiger charge is 2.27. The van der Waals surface area contributed by atoms with Crippen molar-refractivity contribution in [1.82, 2.24) is 0 Å². The van der Waals surface area contributed by atoms with Gasteiger partial charge in [0.25, 0.3) is 0 Å². The van der Waals surface area contributed by atoms with E-state index >= 15 is 0 Å². The Bertz CT molecular complexity index is 877. The first kappa shape index (κ1) is 19.1. The zero-order valence-corrected chi connectivity index (χ0v) is 16.2. The molecule has 0 aliphatic carbocycles. The molecule has 3 rings (SSSR count). The Morgan fingerprint density at radius 2 is 1.85 bits per heavy atom. The van der Waals surface area contributed by atoms with Crippen molar-refractivity contribution in [2.24, 2.45) is 0 Å². The van der Waals surface area contributed by atoms with Crippen LogP contribution in [0.1, 0.15) is 22.3 Å². The number of carbonyl (C=O) groups excluding carboxylic acids is 2. The van der Waals surface area contributed by atoms with E-state index in [-0.39, 0.29) is 30.7 Å². The Labute approximate surface area is 161 Å². The van der Waals surface area contributed by atoms with Crippen LogP contribution < -0.4 is 14.2 Å². The molecule has 0 N–H and O–H groups in total. The lowest BCUT2D eigenvalue weighted by molar-refractivity contribution is -0.133. The van der Waals surface area contributed by atoms with E-state index in [1.165, 1.54) is 14.2 Å². The van der Waals surface area contributed by atoms with Crippen LogP contribution in [0.15, 0.2) is 30.3 Å². The van der Waals surface area contributed by atoms with Crippen molar-refractivity contribution >= 4 is 23.7 Å². The number of hydrogen-bond donors (Lipinski definition) is 0. The van der Waals surface area contributed by atoms with E-state index in [9.17, 15) is 9.59 Å². The summed E-state index contributed by atoms with van der Waals surface area (Å²) < 4.78 is 21.6. The molecule has 0 aromatic heterocycles. The predicted molar refractivity (Wildman–Crippen MR) is 103 cm³/mol. The van der Waals surface area contributed by atoms with Crippen molar-refractivity contribution in [3.63, 3.8) is 0 Å². The van der Waals surface area contributed by atoms with Gasteiger partial charge < -0.3 is 18.9 Å². The van der Waals surface area contributed by atoms with Crippen LogP contribution in [-0.2, 0) is 16.1 Å². The van der Waals surface area contributed by atoms with Crippen molar-refractivity contribution in [1.29, 1.82) is 0 Å². The fraction of sp³-hybridized carbons (Fsp3) is 0.300. The van der Waals surface area contributed by atoms with Crippen LogP contribution in [0.25, 0.3) is 11.1 Å². The number of thioether (sulfide) groups is 1. The van der Waals surface area contributed by atoms with Crippen molar-refractivity contribution < 1.29 is 28.5 Å². The first-order valence-corrected chi connectivity index (χ1v) is 9.74. The first-order valence-electron chi connectivity index (χ1n) is 8.34. The summed E-state index contributed by atoms with van der Waals surface area (Å²) in [5.74, 6) is 0.992. The van der Waals surface area contributed by atoms with Crippen molar-refractivity contribution in [3.8, 4) is 28.4 Å². The van der Waals surface area contributed by atoms with Crippen LogP contribution in [-0.4, -0.2) is 38.2 Å². The maximum absolute atomic E-state index is 12.3. The number of carbonyl (C=O) groups is 2. The fourth-order valence-electron chi connectivity index (χ4n) is 2.96. The normalized spacial score (nSPS) is 12.3. The molecular formula is C20H20O6S. The molecule has 0 saturated carbocycles. The van der Waals surface area contributed by atoms with E-state index in [0.29, 0.717) is 28.4 Å².